The number of amides is 1. The molecule has 0 spiro atoms. The number of fused-ring (bicyclic) bond motifs is 1. The third-order valence-corrected chi connectivity index (χ3v) is 8.67. The number of nitrogen functional groups attached to an aromatic ring is 1. The Morgan fingerprint density at radius 3 is 2.67 bits per heavy atom. The number of ether oxygens (including phenoxy) is 2. The largest absolute Gasteiger partial charge is 0.462 e. The van der Waals surface area contributed by atoms with Gasteiger partial charge >= 0.3 is 12.2 Å². The molecule has 4 heterocycles. The lowest BCUT2D eigenvalue weighted by Crippen LogP contribution is -2.55. The van der Waals surface area contributed by atoms with Gasteiger partial charge in [0.1, 0.15) is 12.4 Å². The van der Waals surface area contributed by atoms with Gasteiger partial charge in [-0.05, 0) is 45.0 Å². The van der Waals surface area contributed by atoms with Crippen LogP contribution in [0.5, 0.6) is 6.01 Å². The van der Waals surface area contributed by atoms with Gasteiger partial charge in [-0.2, -0.15) is 28.4 Å². The van der Waals surface area contributed by atoms with Crippen molar-refractivity contribution < 1.29 is 36.2 Å². The van der Waals surface area contributed by atoms with E-state index in [2.05, 4.69) is 21.4 Å². The van der Waals surface area contributed by atoms with Gasteiger partial charge in [0.15, 0.2) is 11.6 Å². The summed E-state index contributed by atoms with van der Waals surface area (Å²) in [4.78, 5) is 26.8. The molecule has 2 N–H and O–H groups in total. The summed E-state index contributed by atoms with van der Waals surface area (Å²) in [6.45, 7) is 5.58. The molecule has 0 bridgehead atoms. The zero-order valence-electron chi connectivity index (χ0n) is 25.0. The van der Waals surface area contributed by atoms with Crippen molar-refractivity contribution in [2.45, 2.75) is 63.6 Å². The van der Waals surface area contributed by atoms with E-state index in [0.717, 1.165) is 25.5 Å². The average molecular weight is 636 g/mol. The van der Waals surface area contributed by atoms with E-state index < -0.39 is 52.7 Å². The number of rotatable bonds is 7. The van der Waals surface area contributed by atoms with Crippen LogP contribution in [0.2, 0.25) is 0 Å². The van der Waals surface area contributed by atoms with Crippen LogP contribution < -0.4 is 15.4 Å². The van der Waals surface area contributed by atoms with Crippen LogP contribution in [0.15, 0.2) is 18.5 Å². The third-order valence-electron chi connectivity index (χ3n) is 8.67. The van der Waals surface area contributed by atoms with E-state index in [4.69, 9.17) is 15.2 Å². The summed E-state index contributed by atoms with van der Waals surface area (Å²) in [6.07, 6.45) is -4.63. The Kier molecular flexibility index (Phi) is 9.18. The zero-order valence-corrected chi connectivity index (χ0v) is 25.0. The summed E-state index contributed by atoms with van der Waals surface area (Å²) in [6, 6.07) is 2.38. The molecule has 242 valence electrons. The van der Waals surface area contributed by atoms with Gasteiger partial charge in [-0.1, -0.05) is 6.58 Å². The first kappa shape index (κ1) is 32.4. The molecule has 3 aliphatic rings. The first-order chi connectivity index (χ1) is 21.3. The number of nitriles is 1. The van der Waals surface area contributed by atoms with E-state index in [9.17, 15) is 27.6 Å². The molecule has 0 radical (unpaired) electrons. The number of hydrogen-bond acceptors (Lipinski definition) is 9. The second-order valence-electron chi connectivity index (χ2n) is 11.6. The van der Waals surface area contributed by atoms with Crippen molar-refractivity contribution in [1.29, 1.82) is 5.26 Å². The molecule has 0 saturated carbocycles. The maximum atomic E-state index is 15.3. The number of aryl methyl sites for hydroxylation is 1. The summed E-state index contributed by atoms with van der Waals surface area (Å²) >= 11 is 0. The number of benzene rings is 1. The van der Waals surface area contributed by atoms with Gasteiger partial charge in [0, 0.05) is 43.2 Å². The highest BCUT2D eigenvalue weighted by Gasteiger charge is 2.42. The standard InChI is InChI=1S/C30H34F5N7O3/c1-16-11-21(37)26(32)24(25(16)30(33,34)35)23-12-22-20(15-44-23)27(39-29(38-22)45-14-19-5-4-8-40(19)3)41-9-10-42(28(43)17(2)31)18(13-41)6-7-36/h11,18-19,23H,2,4-6,8-10,12-15,37H2,1,3H3/t18?,19-,23?/m0/s1. The van der Waals surface area contributed by atoms with Crippen LogP contribution in [0.4, 0.5) is 33.5 Å². The zero-order chi connectivity index (χ0) is 32.6. The fourth-order valence-electron chi connectivity index (χ4n) is 6.38. The maximum absolute atomic E-state index is 15.3. The molecule has 1 amide bonds. The first-order valence-corrected chi connectivity index (χ1v) is 14.6. The van der Waals surface area contributed by atoms with Crippen molar-refractivity contribution >= 4 is 17.4 Å². The molecule has 1 aromatic heterocycles. The minimum absolute atomic E-state index is 0.0163. The smallest absolute Gasteiger partial charge is 0.417 e. The number of piperazine rings is 1. The topological polar surface area (TPSA) is 121 Å². The van der Waals surface area contributed by atoms with Crippen LogP contribution in [0.3, 0.4) is 0 Å². The SMILES string of the molecule is C=C(F)C(=O)N1CCN(c2nc(OC[C@@H]3CCCN3C)nc3c2COC(c2c(F)c(N)cc(C)c2C(F)(F)F)C3)CC1CC#N. The van der Waals surface area contributed by atoms with Crippen molar-refractivity contribution in [3.63, 3.8) is 0 Å². The molecule has 0 aliphatic carbocycles. The van der Waals surface area contributed by atoms with Crippen molar-refractivity contribution in [2.24, 2.45) is 0 Å². The van der Waals surface area contributed by atoms with Gasteiger partial charge in [0.2, 0.25) is 0 Å². The number of likely N-dealkylation sites (N-methyl/N-ethyl adjacent to an activating group) is 1. The molecular formula is C30H34F5N7O3. The van der Waals surface area contributed by atoms with Crippen molar-refractivity contribution in [1.82, 2.24) is 19.8 Å². The molecule has 45 heavy (non-hydrogen) atoms. The van der Waals surface area contributed by atoms with E-state index >= 15 is 4.39 Å². The lowest BCUT2D eigenvalue weighted by molar-refractivity contribution is -0.140. The van der Waals surface area contributed by atoms with Gasteiger partial charge in [-0.3, -0.25) is 4.79 Å². The summed E-state index contributed by atoms with van der Waals surface area (Å²) in [5.41, 5.74) is 4.02. The van der Waals surface area contributed by atoms with Gasteiger partial charge in [0.25, 0.3) is 5.91 Å². The van der Waals surface area contributed by atoms with Gasteiger partial charge in [-0.25, -0.2) is 8.78 Å². The van der Waals surface area contributed by atoms with E-state index in [-0.39, 0.29) is 63.3 Å². The molecule has 10 nitrogen and oxygen atoms in total. The van der Waals surface area contributed by atoms with Crippen LogP contribution in [-0.2, 0) is 28.7 Å². The average Bonchev–Trinajstić information content (AvgIpc) is 3.40. The highest BCUT2D eigenvalue weighted by Crippen LogP contribution is 2.44. The Balaban J connectivity index is 1.53. The minimum Gasteiger partial charge on any atom is -0.462 e. The quantitative estimate of drug-likeness (QED) is 0.271. The lowest BCUT2D eigenvalue weighted by Gasteiger charge is -2.42. The van der Waals surface area contributed by atoms with E-state index in [1.807, 2.05) is 13.1 Å². The third kappa shape index (κ3) is 6.53. The van der Waals surface area contributed by atoms with Crippen LogP contribution in [0.1, 0.15) is 53.3 Å². The van der Waals surface area contributed by atoms with Crippen LogP contribution >= 0.6 is 0 Å². The number of hydrogen-bond donors (Lipinski definition) is 1. The Morgan fingerprint density at radius 2 is 2.02 bits per heavy atom. The number of likely N-dealkylation sites (tertiary alicyclic amines) is 1. The molecule has 2 fully saturated rings. The van der Waals surface area contributed by atoms with Gasteiger partial charge in [-0.15, -0.1) is 0 Å². The Labute approximate surface area is 257 Å². The lowest BCUT2D eigenvalue weighted by atomic mass is 9.91. The van der Waals surface area contributed by atoms with Crippen molar-refractivity contribution in [3.05, 3.63) is 52.2 Å². The number of nitrogens with two attached hydrogens (primary N) is 1. The van der Waals surface area contributed by atoms with Gasteiger partial charge in [0.05, 0.1) is 48.2 Å². The maximum Gasteiger partial charge on any atom is 0.417 e. The molecular weight excluding hydrogens is 601 g/mol. The molecule has 2 unspecified atom stereocenters. The van der Waals surface area contributed by atoms with E-state index in [0.29, 0.717) is 17.1 Å². The fourth-order valence-corrected chi connectivity index (χ4v) is 6.38. The van der Waals surface area contributed by atoms with E-state index in [1.54, 1.807) is 4.90 Å². The van der Waals surface area contributed by atoms with Crippen molar-refractivity contribution in [3.8, 4) is 12.1 Å². The Bertz CT molecular complexity index is 1530. The number of carbonyl (C=O) groups excluding carboxylic acids is 1. The summed E-state index contributed by atoms with van der Waals surface area (Å²) in [5, 5.41) is 9.41. The molecule has 15 heteroatoms. The molecule has 3 aliphatic heterocycles. The summed E-state index contributed by atoms with van der Waals surface area (Å²) in [7, 11) is 1.98. The van der Waals surface area contributed by atoms with E-state index in [1.165, 1.54) is 11.8 Å². The predicted molar refractivity (Wildman–Crippen MR) is 153 cm³/mol. The minimum atomic E-state index is -4.87. The van der Waals surface area contributed by atoms with Crippen LogP contribution in [0.25, 0.3) is 0 Å². The second-order valence-corrected chi connectivity index (χ2v) is 11.6. The predicted octanol–water partition coefficient (Wildman–Crippen LogP) is 4.23. The fraction of sp³-hybridized carbons (Fsp3) is 0.533. The highest BCUT2D eigenvalue weighted by molar-refractivity contribution is 5.91. The van der Waals surface area contributed by atoms with Crippen LogP contribution in [-0.4, -0.2) is 77.6 Å². The van der Waals surface area contributed by atoms with Gasteiger partial charge < -0.3 is 29.9 Å². The monoisotopic (exact) mass is 635 g/mol. The molecule has 2 aromatic rings. The highest BCUT2D eigenvalue weighted by atomic mass is 19.4. The summed E-state index contributed by atoms with van der Waals surface area (Å²) in [5.74, 6) is -2.90. The first-order valence-electron chi connectivity index (χ1n) is 14.6. The van der Waals surface area contributed by atoms with Crippen molar-refractivity contribution in [2.75, 3.05) is 50.5 Å². The normalized spacial score (nSPS) is 22.2. The second kappa shape index (κ2) is 12.8. The van der Waals surface area contributed by atoms with Crippen LogP contribution in [0, 0.1) is 24.1 Å². The molecule has 5 rings (SSSR count). The Morgan fingerprint density at radius 1 is 1.27 bits per heavy atom. The molecule has 2 saturated heterocycles. The number of nitrogens with zero attached hydrogens (tertiary/aromatic N) is 6. The number of anilines is 2. The summed E-state index contributed by atoms with van der Waals surface area (Å²) < 4.78 is 83.5. The number of halogens is 5. The molecule has 3 atom stereocenters. The Hall–Kier alpha value is -4.03. The number of aromatic nitrogens is 2. The molecule has 1 aromatic carbocycles. The number of alkyl halides is 3. The number of carbonyl (C=O) groups is 1.